The molecular weight excluding hydrogens is 616 g/mol. The summed E-state index contributed by atoms with van der Waals surface area (Å²) in [6, 6.07) is 16.1. The number of benzene rings is 3. The number of rotatable bonds is 15. The van der Waals surface area contributed by atoms with Gasteiger partial charge in [0.05, 0.1) is 26.9 Å². The minimum Gasteiger partial charge on any atom is -0.504 e. The predicted molar refractivity (Wildman–Crippen MR) is 167 cm³/mol. The van der Waals surface area contributed by atoms with E-state index < -0.39 is 43.3 Å². The minimum absolute atomic E-state index is 0.00502. The summed E-state index contributed by atoms with van der Waals surface area (Å²) in [6.45, 7) is -0.820. The van der Waals surface area contributed by atoms with Gasteiger partial charge < -0.3 is 59.1 Å². The molecule has 3 aromatic carbocycles. The summed E-state index contributed by atoms with van der Waals surface area (Å²) in [5.74, 6) is -0.0342. The fraction of sp³-hybridized carbons (Fsp3) is 0.441. The second-order valence-corrected chi connectivity index (χ2v) is 11.2. The second kappa shape index (κ2) is 16.6. The van der Waals surface area contributed by atoms with E-state index in [1.54, 1.807) is 42.5 Å². The summed E-state index contributed by atoms with van der Waals surface area (Å²) >= 11 is 0. The van der Waals surface area contributed by atoms with Crippen LogP contribution in [0.1, 0.15) is 21.5 Å². The molecule has 0 aliphatic carbocycles. The normalized spacial score (nSPS) is 22.2. The Labute approximate surface area is 272 Å². The Kier molecular flexibility index (Phi) is 12.6. The molecule has 7 atom stereocenters. The molecule has 6 N–H and O–H groups in total. The third-order valence-electron chi connectivity index (χ3n) is 8.22. The van der Waals surface area contributed by atoms with E-state index >= 15 is 0 Å². The van der Waals surface area contributed by atoms with Crippen LogP contribution in [-0.4, -0.2) is 108 Å². The molecule has 0 aromatic heterocycles. The summed E-state index contributed by atoms with van der Waals surface area (Å²) in [5, 5.41) is 61.9. The van der Waals surface area contributed by atoms with Crippen LogP contribution < -0.4 is 18.9 Å². The van der Waals surface area contributed by atoms with Gasteiger partial charge in [-0.05, 0) is 84.3 Å². The molecule has 2 unspecified atom stereocenters. The maximum absolute atomic E-state index is 12.5. The van der Waals surface area contributed by atoms with E-state index in [0.717, 1.165) is 11.1 Å². The van der Waals surface area contributed by atoms with Gasteiger partial charge in [-0.2, -0.15) is 0 Å². The van der Waals surface area contributed by atoms with E-state index in [0.29, 0.717) is 24.3 Å². The number of phenolic OH excluding ortho intramolecular Hbond substituents is 1. The lowest BCUT2D eigenvalue weighted by Gasteiger charge is -2.40. The zero-order valence-electron chi connectivity index (χ0n) is 26.4. The Morgan fingerprint density at radius 2 is 1.34 bits per heavy atom. The Bertz CT molecular complexity index is 1450. The second-order valence-electron chi connectivity index (χ2n) is 11.2. The van der Waals surface area contributed by atoms with E-state index in [1.807, 2.05) is 0 Å². The van der Waals surface area contributed by atoms with Gasteiger partial charge in [-0.1, -0.05) is 12.1 Å². The smallest absolute Gasteiger partial charge is 0.338 e. The molecule has 1 saturated heterocycles. The Balaban J connectivity index is 1.42. The number of methoxy groups -OCH3 is 3. The molecule has 4 rings (SSSR count). The van der Waals surface area contributed by atoms with Crippen molar-refractivity contribution in [2.45, 2.75) is 43.5 Å². The van der Waals surface area contributed by atoms with E-state index in [9.17, 15) is 35.4 Å². The largest absolute Gasteiger partial charge is 0.504 e. The van der Waals surface area contributed by atoms with Crippen molar-refractivity contribution < 1.29 is 63.9 Å². The average Bonchev–Trinajstić information content (AvgIpc) is 3.10. The molecule has 1 heterocycles. The number of ether oxygens (including phenoxy) is 6. The molecule has 0 bridgehead atoms. The van der Waals surface area contributed by atoms with Crippen LogP contribution in [0, 0.1) is 11.8 Å². The first-order valence-corrected chi connectivity index (χ1v) is 15.0. The summed E-state index contributed by atoms with van der Waals surface area (Å²) in [6.07, 6.45) is -6.76. The molecule has 0 amide bonds. The van der Waals surface area contributed by atoms with Crippen LogP contribution in [0.4, 0.5) is 0 Å². The van der Waals surface area contributed by atoms with Crippen LogP contribution in [0.2, 0.25) is 0 Å². The standard InChI is InChI=1S/C34H42O13/c1-42-24-8-6-21(7-9-24)33(41)45-18-29-30(38)31(39)32(40)34(47-29)46-26-11-5-20(15-28(26)44-3)13-23(17-36)22(16-35)12-19-4-10-25(37)27(14-19)43-2/h4-11,14-15,22-23,29-32,34-40H,12-13,16-18H2,1-3H3/t22?,23?,29-,30-,31+,32-,34-/m1/s1. The lowest BCUT2D eigenvalue weighted by Crippen LogP contribution is -2.60. The maximum atomic E-state index is 12.5. The number of esters is 1. The zero-order valence-corrected chi connectivity index (χ0v) is 26.4. The molecule has 1 aliphatic rings. The van der Waals surface area contributed by atoms with Crippen LogP contribution in [0.15, 0.2) is 60.7 Å². The highest BCUT2D eigenvalue weighted by Gasteiger charge is 2.45. The molecule has 0 radical (unpaired) electrons. The molecule has 13 nitrogen and oxygen atoms in total. The molecule has 1 fully saturated rings. The molecule has 13 heteroatoms. The average molecular weight is 659 g/mol. The SMILES string of the molecule is COc1ccc(C(=O)OC[C@H]2O[C@@H](Oc3ccc(CC(CO)C(CO)Cc4ccc(O)c(OC)c4)cc3OC)[C@H](O)[C@@H](O)[C@@H]2O)cc1. The van der Waals surface area contributed by atoms with Crippen LogP contribution in [0.25, 0.3) is 0 Å². The first kappa shape index (κ1) is 35.7. The molecule has 0 spiro atoms. The maximum Gasteiger partial charge on any atom is 0.338 e. The fourth-order valence-corrected chi connectivity index (χ4v) is 5.40. The van der Waals surface area contributed by atoms with Crippen molar-refractivity contribution in [2.24, 2.45) is 11.8 Å². The van der Waals surface area contributed by atoms with E-state index in [4.69, 9.17) is 28.4 Å². The van der Waals surface area contributed by atoms with Gasteiger partial charge in [0.15, 0.2) is 23.0 Å². The number of carbonyl (C=O) groups excluding carboxylic acids is 1. The van der Waals surface area contributed by atoms with Gasteiger partial charge in [-0.15, -0.1) is 0 Å². The lowest BCUT2D eigenvalue weighted by molar-refractivity contribution is -0.277. The van der Waals surface area contributed by atoms with Crippen LogP contribution in [0.3, 0.4) is 0 Å². The highest BCUT2D eigenvalue weighted by molar-refractivity contribution is 5.89. The number of phenols is 1. The van der Waals surface area contributed by atoms with Crippen molar-refractivity contribution in [3.63, 3.8) is 0 Å². The Morgan fingerprint density at radius 1 is 0.745 bits per heavy atom. The van der Waals surface area contributed by atoms with Gasteiger partial charge in [0.2, 0.25) is 6.29 Å². The summed E-state index contributed by atoms with van der Waals surface area (Å²) in [5.41, 5.74) is 1.83. The number of aromatic hydroxyl groups is 1. The third kappa shape index (κ3) is 8.83. The van der Waals surface area contributed by atoms with Crippen molar-refractivity contribution in [2.75, 3.05) is 41.2 Å². The molecule has 47 heavy (non-hydrogen) atoms. The van der Waals surface area contributed by atoms with Gasteiger partial charge >= 0.3 is 5.97 Å². The number of hydrogen-bond acceptors (Lipinski definition) is 13. The Morgan fingerprint density at radius 3 is 1.91 bits per heavy atom. The van der Waals surface area contributed by atoms with Gasteiger partial charge in [-0.25, -0.2) is 4.79 Å². The molecule has 3 aromatic rings. The summed E-state index contributed by atoms with van der Waals surface area (Å²) in [4.78, 5) is 12.5. The number of hydrogen-bond donors (Lipinski definition) is 6. The first-order valence-electron chi connectivity index (χ1n) is 15.0. The van der Waals surface area contributed by atoms with Gasteiger partial charge in [-0.3, -0.25) is 0 Å². The van der Waals surface area contributed by atoms with Crippen LogP contribution in [0.5, 0.6) is 28.7 Å². The van der Waals surface area contributed by atoms with E-state index in [1.165, 1.54) is 39.5 Å². The highest BCUT2D eigenvalue weighted by Crippen LogP contribution is 2.34. The third-order valence-corrected chi connectivity index (χ3v) is 8.22. The quantitative estimate of drug-likeness (QED) is 0.129. The van der Waals surface area contributed by atoms with Gasteiger partial charge in [0.1, 0.15) is 36.8 Å². The Hall–Kier alpha value is -4.11. The van der Waals surface area contributed by atoms with Crippen molar-refractivity contribution >= 4 is 5.97 Å². The monoisotopic (exact) mass is 658 g/mol. The first-order chi connectivity index (χ1) is 22.6. The topological polar surface area (TPSA) is 194 Å². The number of aliphatic hydroxyl groups is 5. The minimum atomic E-state index is -1.67. The van der Waals surface area contributed by atoms with E-state index in [2.05, 4.69) is 0 Å². The molecule has 0 saturated carbocycles. The molecule has 1 aliphatic heterocycles. The van der Waals surface area contributed by atoms with Crippen LogP contribution >= 0.6 is 0 Å². The van der Waals surface area contributed by atoms with Crippen LogP contribution in [-0.2, 0) is 22.3 Å². The summed E-state index contributed by atoms with van der Waals surface area (Å²) in [7, 11) is 4.37. The zero-order chi connectivity index (χ0) is 34.1. The summed E-state index contributed by atoms with van der Waals surface area (Å²) < 4.78 is 32.7. The number of aliphatic hydroxyl groups excluding tert-OH is 5. The highest BCUT2D eigenvalue weighted by atomic mass is 16.7. The van der Waals surface area contributed by atoms with Crippen molar-refractivity contribution in [3.05, 3.63) is 77.4 Å². The molecule has 256 valence electrons. The molecular formula is C34H42O13. The predicted octanol–water partition coefficient (Wildman–Crippen LogP) is 1.46. The fourth-order valence-electron chi connectivity index (χ4n) is 5.40. The van der Waals surface area contributed by atoms with Crippen molar-refractivity contribution in [3.8, 4) is 28.7 Å². The van der Waals surface area contributed by atoms with Crippen molar-refractivity contribution in [1.82, 2.24) is 0 Å². The van der Waals surface area contributed by atoms with Gasteiger partial charge in [0, 0.05) is 13.2 Å². The number of carbonyl (C=O) groups is 1. The van der Waals surface area contributed by atoms with Crippen molar-refractivity contribution in [1.29, 1.82) is 0 Å². The lowest BCUT2D eigenvalue weighted by atomic mass is 9.83. The van der Waals surface area contributed by atoms with E-state index in [-0.39, 0.29) is 47.9 Å². The van der Waals surface area contributed by atoms with Gasteiger partial charge in [0.25, 0.3) is 0 Å².